The summed E-state index contributed by atoms with van der Waals surface area (Å²) in [7, 11) is 0. The van der Waals surface area contributed by atoms with Crippen LogP contribution < -0.4 is 5.32 Å². The Bertz CT molecular complexity index is 159. The van der Waals surface area contributed by atoms with E-state index in [-0.39, 0.29) is 0 Å². The summed E-state index contributed by atoms with van der Waals surface area (Å²) in [5, 5.41) is 3.38. The molecule has 2 rings (SSSR count). The molecule has 12 heavy (non-hydrogen) atoms. The number of nitrogens with zero attached hydrogens (tertiary/aromatic N) is 1. The van der Waals surface area contributed by atoms with E-state index < -0.39 is 0 Å². The van der Waals surface area contributed by atoms with Gasteiger partial charge in [0, 0.05) is 32.7 Å². The van der Waals surface area contributed by atoms with E-state index >= 15 is 0 Å². The van der Waals surface area contributed by atoms with Crippen LogP contribution in [0.5, 0.6) is 0 Å². The second-order valence-corrected chi connectivity index (χ2v) is 3.82. The third kappa shape index (κ3) is 2.08. The van der Waals surface area contributed by atoms with Crippen LogP contribution in [-0.2, 0) is 0 Å². The molecule has 1 fully saturated rings. The van der Waals surface area contributed by atoms with E-state index in [2.05, 4.69) is 22.4 Å². The molecule has 1 aliphatic carbocycles. The normalized spacial score (nSPS) is 31.2. The number of allylic oxidation sites excluding steroid dienone is 1. The first-order chi connectivity index (χ1) is 5.95. The Morgan fingerprint density at radius 1 is 1.33 bits per heavy atom. The molecule has 1 unspecified atom stereocenters. The first kappa shape index (κ1) is 8.27. The van der Waals surface area contributed by atoms with Crippen molar-refractivity contribution in [3.63, 3.8) is 0 Å². The second-order valence-electron chi connectivity index (χ2n) is 3.82. The molecule has 0 saturated carbocycles. The highest BCUT2D eigenvalue weighted by Gasteiger charge is 2.15. The third-order valence-corrected chi connectivity index (χ3v) is 2.81. The van der Waals surface area contributed by atoms with Crippen molar-refractivity contribution < 1.29 is 0 Å². The van der Waals surface area contributed by atoms with Crippen LogP contribution in [0.2, 0.25) is 0 Å². The van der Waals surface area contributed by atoms with Gasteiger partial charge in [0.05, 0.1) is 0 Å². The molecule has 2 heteroatoms. The monoisotopic (exact) mass is 166 g/mol. The van der Waals surface area contributed by atoms with E-state index in [1.165, 1.54) is 45.6 Å². The van der Waals surface area contributed by atoms with Crippen LogP contribution in [0.25, 0.3) is 0 Å². The fourth-order valence-corrected chi connectivity index (χ4v) is 2.07. The Morgan fingerprint density at radius 3 is 2.83 bits per heavy atom. The standard InChI is InChI=1S/C10H18N2/c1-2-4-10(3-1)9-12-7-5-11-6-8-12/h1,3,10-11H,2,4-9H2. The number of piperazine rings is 1. The number of hydrogen-bond acceptors (Lipinski definition) is 2. The largest absolute Gasteiger partial charge is 0.314 e. The predicted octanol–water partition coefficient (Wildman–Crippen LogP) is 0.858. The van der Waals surface area contributed by atoms with Crippen LogP contribution in [0.15, 0.2) is 12.2 Å². The first-order valence-corrected chi connectivity index (χ1v) is 5.05. The van der Waals surface area contributed by atoms with Crippen molar-refractivity contribution in [3.8, 4) is 0 Å². The van der Waals surface area contributed by atoms with Crippen LogP contribution in [0, 0.1) is 5.92 Å². The van der Waals surface area contributed by atoms with E-state index in [9.17, 15) is 0 Å². The lowest BCUT2D eigenvalue weighted by molar-refractivity contribution is 0.219. The molecule has 2 aliphatic rings. The van der Waals surface area contributed by atoms with Gasteiger partial charge >= 0.3 is 0 Å². The first-order valence-electron chi connectivity index (χ1n) is 5.05. The van der Waals surface area contributed by atoms with E-state index in [0.717, 1.165) is 5.92 Å². The minimum atomic E-state index is 0.850. The predicted molar refractivity (Wildman–Crippen MR) is 51.2 cm³/mol. The summed E-state index contributed by atoms with van der Waals surface area (Å²) in [4.78, 5) is 2.58. The summed E-state index contributed by atoms with van der Waals surface area (Å²) in [5.41, 5.74) is 0. The summed E-state index contributed by atoms with van der Waals surface area (Å²) >= 11 is 0. The van der Waals surface area contributed by atoms with Gasteiger partial charge in [-0.05, 0) is 18.8 Å². The number of hydrogen-bond donors (Lipinski definition) is 1. The van der Waals surface area contributed by atoms with Gasteiger partial charge in [0.2, 0.25) is 0 Å². The van der Waals surface area contributed by atoms with Gasteiger partial charge in [0.25, 0.3) is 0 Å². The average molecular weight is 166 g/mol. The van der Waals surface area contributed by atoms with Gasteiger partial charge in [0.15, 0.2) is 0 Å². The van der Waals surface area contributed by atoms with Crippen molar-refractivity contribution in [1.82, 2.24) is 10.2 Å². The minimum Gasteiger partial charge on any atom is -0.314 e. The molecule has 1 saturated heterocycles. The van der Waals surface area contributed by atoms with Crippen LogP contribution >= 0.6 is 0 Å². The van der Waals surface area contributed by atoms with Crippen molar-refractivity contribution in [1.29, 1.82) is 0 Å². The van der Waals surface area contributed by atoms with Gasteiger partial charge in [0.1, 0.15) is 0 Å². The number of nitrogens with one attached hydrogen (secondary N) is 1. The molecule has 1 atom stereocenters. The van der Waals surface area contributed by atoms with Crippen molar-refractivity contribution in [3.05, 3.63) is 12.2 Å². The Morgan fingerprint density at radius 2 is 2.17 bits per heavy atom. The summed E-state index contributed by atoms with van der Waals surface area (Å²) in [6, 6.07) is 0. The topological polar surface area (TPSA) is 15.3 Å². The fourth-order valence-electron chi connectivity index (χ4n) is 2.07. The minimum absolute atomic E-state index is 0.850. The van der Waals surface area contributed by atoms with Crippen molar-refractivity contribution in [2.24, 2.45) is 5.92 Å². The van der Waals surface area contributed by atoms with E-state index in [4.69, 9.17) is 0 Å². The second kappa shape index (κ2) is 4.06. The van der Waals surface area contributed by atoms with Gasteiger partial charge in [-0.2, -0.15) is 0 Å². The SMILES string of the molecule is C1=CC(CN2CCNCC2)CC1. The zero-order valence-corrected chi connectivity index (χ0v) is 7.63. The maximum Gasteiger partial charge on any atom is 0.0108 e. The summed E-state index contributed by atoms with van der Waals surface area (Å²) in [6.45, 7) is 6.12. The van der Waals surface area contributed by atoms with Crippen LogP contribution in [0.3, 0.4) is 0 Å². The fraction of sp³-hybridized carbons (Fsp3) is 0.800. The van der Waals surface area contributed by atoms with Crippen LogP contribution in [-0.4, -0.2) is 37.6 Å². The molecule has 0 radical (unpaired) electrons. The Hall–Kier alpha value is -0.340. The molecular weight excluding hydrogens is 148 g/mol. The van der Waals surface area contributed by atoms with Crippen LogP contribution in [0.4, 0.5) is 0 Å². The molecule has 0 aromatic carbocycles. The zero-order chi connectivity index (χ0) is 8.23. The van der Waals surface area contributed by atoms with Crippen LogP contribution in [0.1, 0.15) is 12.8 Å². The lowest BCUT2D eigenvalue weighted by Crippen LogP contribution is -2.44. The molecule has 1 heterocycles. The molecule has 1 N–H and O–H groups in total. The molecule has 0 spiro atoms. The van der Waals surface area contributed by atoms with Crippen molar-refractivity contribution >= 4 is 0 Å². The maximum atomic E-state index is 3.38. The average Bonchev–Trinajstić information content (AvgIpc) is 2.59. The maximum absolute atomic E-state index is 3.38. The summed E-state index contributed by atoms with van der Waals surface area (Å²) in [5.74, 6) is 0.850. The Labute approximate surface area is 74.6 Å². The van der Waals surface area contributed by atoms with Gasteiger partial charge in [-0.3, -0.25) is 0 Å². The lowest BCUT2D eigenvalue weighted by atomic mass is 10.1. The molecule has 2 nitrogen and oxygen atoms in total. The zero-order valence-electron chi connectivity index (χ0n) is 7.63. The summed E-state index contributed by atoms with van der Waals surface area (Å²) in [6.07, 6.45) is 7.40. The highest BCUT2D eigenvalue weighted by Crippen LogP contribution is 2.17. The summed E-state index contributed by atoms with van der Waals surface area (Å²) < 4.78 is 0. The van der Waals surface area contributed by atoms with Gasteiger partial charge in [-0.1, -0.05) is 12.2 Å². The molecule has 0 aromatic rings. The molecule has 0 aromatic heterocycles. The Balaban J connectivity index is 1.73. The van der Waals surface area contributed by atoms with E-state index in [1.807, 2.05) is 0 Å². The number of rotatable bonds is 2. The van der Waals surface area contributed by atoms with E-state index in [1.54, 1.807) is 0 Å². The molecule has 0 amide bonds. The van der Waals surface area contributed by atoms with Crippen molar-refractivity contribution in [2.75, 3.05) is 32.7 Å². The van der Waals surface area contributed by atoms with Gasteiger partial charge in [-0.25, -0.2) is 0 Å². The van der Waals surface area contributed by atoms with Gasteiger partial charge < -0.3 is 10.2 Å². The Kier molecular flexibility index (Phi) is 2.79. The van der Waals surface area contributed by atoms with E-state index in [0.29, 0.717) is 0 Å². The smallest absolute Gasteiger partial charge is 0.0108 e. The molecule has 1 aliphatic heterocycles. The molecule has 68 valence electrons. The molecule has 0 bridgehead atoms. The lowest BCUT2D eigenvalue weighted by Gasteiger charge is -2.29. The third-order valence-electron chi connectivity index (χ3n) is 2.81. The van der Waals surface area contributed by atoms with Gasteiger partial charge in [-0.15, -0.1) is 0 Å². The quantitative estimate of drug-likeness (QED) is 0.612. The highest BCUT2D eigenvalue weighted by atomic mass is 15.2. The van der Waals surface area contributed by atoms with Crippen molar-refractivity contribution in [2.45, 2.75) is 12.8 Å². The highest BCUT2D eigenvalue weighted by molar-refractivity contribution is 4.97. The molecular formula is C10H18N2.